The molecule has 1 N–H and O–H groups in total. The van der Waals surface area contributed by atoms with E-state index in [0.29, 0.717) is 12.1 Å². The van der Waals surface area contributed by atoms with Crippen LogP contribution in [-0.4, -0.2) is 29.0 Å². The highest BCUT2D eigenvalue weighted by Crippen LogP contribution is 2.35. The smallest absolute Gasteiger partial charge is 0.269 e. The topological polar surface area (TPSA) is 58.4 Å². The van der Waals surface area contributed by atoms with Crippen LogP contribution in [0.3, 0.4) is 0 Å². The van der Waals surface area contributed by atoms with Gasteiger partial charge in [0.05, 0.1) is 4.92 Å². The lowest BCUT2D eigenvalue weighted by atomic mass is 9.97. The third-order valence-corrected chi connectivity index (χ3v) is 5.89. The van der Waals surface area contributed by atoms with Gasteiger partial charge in [-0.15, -0.1) is 11.3 Å². The predicted molar refractivity (Wildman–Crippen MR) is 97.4 cm³/mol. The van der Waals surface area contributed by atoms with Crippen LogP contribution in [0.5, 0.6) is 0 Å². The monoisotopic (exact) mass is 345 g/mol. The Kier molecular flexibility index (Phi) is 5.28. The van der Waals surface area contributed by atoms with E-state index in [4.69, 9.17) is 0 Å². The molecule has 1 aliphatic heterocycles. The number of non-ortho nitro benzene ring substituents is 1. The minimum Gasteiger partial charge on any atom is -0.311 e. The maximum absolute atomic E-state index is 10.7. The zero-order valence-corrected chi connectivity index (χ0v) is 14.9. The molecule has 1 aromatic heterocycles. The average Bonchev–Trinajstić information content (AvgIpc) is 3.03. The molecule has 0 saturated carbocycles. The van der Waals surface area contributed by atoms with Crippen molar-refractivity contribution in [3.05, 3.63) is 61.8 Å². The Labute approximate surface area is 146 Å². The van der Waals surface area contributed by atoms with E-state index in [1.807, 2.05) is 23.5 Å². The van der Waals surface area contributed by atoms with Gasteiger partial charge in [0.15, 0.2) is 0 Å². The summed E-state index contributed by atoms with van der Waals surface area (Å²) in [5.74, 6) is 0. The number of hydrogen-bond acceptors (Lipinski definition) is 5. The van der Waals surface area contributed by atoms with Crippen molar-refractivity contribution < 1.29 is 4.92 Å². The second-order valence-electron chi connectivity index (χ2n) is 6.38. The van der Waals surface area contributed by atoms with Crippen molar-refractivity contribution in [2.24, 2.45) is 0 Å². The first kappa shape index (κ1) is 17.1. The van der Waals surface area contributed by atoms with Crippen LogP contribution in [0.1, 0.15) is 35.9 Å². The van der Waals surface area contributed by atoms with Crippen LogP contribution in [0.25, 0.3) is 0 Å². The standard InChI is InChI=1S/C18H23N3O2S/c1-13-11-16-7-10-24-18(16)14(2)20(13)9-8-19-12-15-3-5-17(6-4-15)21(22)23/h3-7,10,13-14,19H,8-9,11-12H2,1-2H3. The van der Waals surface area contributed by atoms with Gasteiger partial charge < -0.3 is 5.32 Å². The van der Waals surface area contributed by atoms with Gasteiger partial charge >= 0.3 is 0 Å². The molecule has 3 rings (SSSR count). The molecule has 6 heteroatoms. The summed E-state index contributed by atoms with van der Waals surface area (Å²) in [5, 5.41) is 16.3. The second kappa shape index (κ2) is 7.42. The molecule has 128 valence electrons. The van der Waals surface area contributed by atoms with Crippen molar-refractivity contribution in [3.8, 4) is 0 Å². The molecule has 0 saturated heterocycles. The molecule has 0 spiro atoms. The molecule has 0 amide bonds. The molecule has 0 aliphatic carbocycles. The lowest BCUT2D eigenvalue weighted by Crippen LogP contribution is -2.43. The third-order valence-electron chi connectivity index (χ3n) is 4.76. The van der Waals surface area contributed by atoms with Crippen molar-refractivity contribution in [3.63, 3.8) is 0 Å². The molecule has 0 radical (unpaired) electrons. The number of nitro groups is 1. The lowest BCUT2D eigenvalue weighted by molar-refractivity contribution is -0.384. The van der Waals surface area contributed by atoms with Crippen LogP contribution in [0.2, 0.25) is 0 Å². The summed E-state index contributed by atoms with van der Waals surface area (Å²) in [4.78, 5) is 14.4. The van der Waals surface area contributed by atoms with Crippen molar-refractivity contribution in [1.29, 1.82) is 0 Å². The van der Waals surface area contributed by atoms with Crippen molar-refractivity contribution in [2.75, 3.05) is 13.1 Å². The molecule has 1 aromatic carbocycles. The molecule has 5 nitrogen and oxygen atoms in total. The highest BCUT2D eigenvalue weighted by Gasteiger charge is 2.29. The first-order chi connectivity index (χ1) is 11.6. The van der Waals surface area contributed by atoms with Crippen molar-refractivity contribution >= 4 is 17.0 Å². The Morgan fingerprint density at radius 3 is 2.75 bits per heavy atom. The molecule has 0 fully saturated rings. The molecule has 0 bridgehead atoms. The maximum atomic E-state index is 10.7. The van der Waals surface area contributed by atoms with Gasteiger partial charge in [-0.1, -0.05) is 12.1 Å². The molecular weight excluding hydrogens is 322 g/mol. The largest absolute Gasteiger partial charge is 0.311 e. The van der Waals surface area contributed by atoms with E-state index in [1.54, 1.807) is 12.1 Å². The number of fused-ring (bicyclic) bond motifs is 1. The Morgan fingerprint density at radius 1 is 1.29 bits per heavy atom. The molecule has 2 unspecified atom stereocenters. The van der Waals surface area contributed by atoms with Crippen LogP contribution >= 0.6 is 11.3 Å². The summed E-state index contributed by atoms with van der Waals surface area (Å²) in [6.07, 6.45) is 1.13. The minimum atomic E-state index is -0.366. The van der Waals surface area contributed by atoms with Crippen molar-refractivity contribution in [2.45, 2.75) is 38.9 Å². The number of benzene rings is 1. The van der Waals surface area contributed by atoms with Gasteiger partial charge in [0.1, 0.15) is 0 Å². The molecule has 1 aliphatic rings. The lowest BCUT2D eigenvalue weighted by Gasteiger charge is -2.38. The van der Waals surface area contributed by atoms with Gasteiger partial charge in [-0.05, 0) is 42.8 Å². The van der Waals surface area contributed by atoms with E-state index in [2.05, 4.69) is 35.5 Å². The number of nitro benzene ring substituents is 1. The maximum Gasteiger partial charge on any atom is 0.269 e. The number of nitrogens with one attached hydrogen (secondary N) is 1. The first-order valence-electron chi connectivity index (χ1n) is 8.32. The van der Waals surface area contributed by atoms with Crippen LogP contribution < -0.4 is 5.32 Å². The Hall–Kier alpha value is -1.76. The van der Waals surface area contributed by atoms with Crippen LogP contribution in [0.4, 0.5) is 5.69 Å². The summed E-state index contributed by atoms with van der Waals surface area (Å²) in [6, 6.07) is 10.0. The molecule has 2 heterocycles. The van der Waals surface area contributed by atoms with Gasteiger partial charge in [0.2, 0.25) is 0 Å². The van der Waals surface area contributed by atoms with E-state index in [-0.39, 0.29) is 10.6 Å². The van der Waals surface area contributed by atoms with Gasteiger partial charge in [-0.25, -0.2) is 0 Å². The van der Waals surface area contributed by atoms with Crippen LogP contribution in [-0.2, 0) is 13.0 Å². The van der Waals surface area contributed by atoms with Crippen LogP contribution in [0.15, 0.2) is 35.7 Å². The minimum absolute atomic E-state index is 0.140. The SMILES string of the molecule is CC1Cc2ccsc2C(C)N1CCNCc1ccc([N+](=O)[O-])cc1. The van der Waals surface area contributed by atoms with Gasteiger partial charge in [-0.2, -0.15) is 0 Å². The fraction of sp³-hybridized carbons (Fsp3) is 0.444. The van der Waals surface area contributed by atoms with E-state index in [1.165, 1.54) is 10.4 Å². The predicted octanol–water partition coefficient (Wildman–Crippen LogP) is 3.75. The summed E-state index contributed by atoms with van der Waals surface area (Å²) in [7, 11) is 0. The summed E-state index contributed by atoms with van der Waals surface area (Å²) in [6.45, 7) is 7.24. The Bertz CT molecular complexity index is 699. The van der Waals surface area contributed by atoms with E-state index in [0.717, 1.165) is 31.6 Å². The third kappa shape index (κ3) is 3.66. The number of thiophene rings is 1. The number of rotatable bonds is 6. The highest BCUT2D eigenvalue weighted by molar-refractivity contribution is 7.10. The average molecular weight is 345 g/mol. The van der Waals surface area contributed by atoms with E-state index >= 15 is 0 Å². The quantitative estimate of drug-likeness (QED) is 0.492. The van der Waals surface area contributed by atoms with E-state index < -0.39 is 0 Å². The molecule has 2 atom stereocenters. The Morgan fingerprint density at radius 2 is 2.04 bits per heavy atom. The first-order valence-corrected chi connectivity index (χ1v) is 9.20. The molecule has 24 heavy (non-hydrogen) atoms. The van der Waals surface area contributed by atoms with E-state index in [9.17, 15) is 10.1 Å². The summed E-state index contributed by atoms with van der Waals surface area (Å²) >= 11 is 1.86. The number of nitrogens with zero attached hydrogens (tertiary/aromatic N) is 2. The zero-order chi connectivity index (χ0) is 17.1. The molecule has 2 aromatic rings. The fourth-order valence-electron chi connectivity index (χ4n) is 3.44. The second-order valence-corrected chi connectivity index (χ2v) is 7.33. The van der Waals surface area contributed by atoms with Gasteiger partial charge in [0, 0.05) is 48.7 Å². The van der Waals surface area contributed by atoms with Gasteiger partial charge in [0.25, 0.3) is 5.69 Å². The molecular formula is C18H23N3O2S. The zero-order valence-electron chi connectivity index (χ0n) is 14.1. The Balaban J connectivity index is 1.49. The van der Waals surface area contributed by atoms with Crippen LogP contribution in [0, 0.1) is 10.1 Å². The summed E-state index contributed by atoms with van der Waals surface area (Å²) in [5.41, 5.74) is 2.72. The number of hydrogen-bond donors (Lipinski definition) is 1. The fourth-order valence-corrected chi connectivity index (χ4v) is 4.45. The summed E-state index contributed by atoms with van der Waals surface area (Å²) < 4.78 is 0. The normalized spacial score (nSPS) is 20.8. The van der Waals surface area contributed by atoms with Crippen molar-refractivity contribution in [1.82, 2.24) is 10.2 Å². The van der Waals surface area contributed by atoms with Gasteiger partial charge in [-0.3, -0.25) is 15.0 Å². The highest BCUT2D eigenvalue weighted by atomic mass is 32.1.